The highest BCUT2D eigenvalue weighted by molar-refractivity contribution is 5.77. The second kappa shape index (κ2) is 8.93. The van der Waals surface area contributed by atoms with Gasteiger partial charge in [-0.3, -0.25) is 9.69 Å². The fourth-order valence-electron chi connectivity index (χ4n) is 4.12. The zero-order valence-corrected chi connectivity index (χ0v) is 16.9. The standard InChI is InChI=1S/C24H24N4O2/c1-2-30-24(29)23-12-19-5-3-4-6-20(19)15-28(23)22(21-14-26-16-27-21)11-17-7-9-18(13-25)10-8-17/h3-10,14,16,22-23H,2,11-12,15H2,1H3,(H,26,27)/t22?,23-/m1/s1. The van der Waals surface area contributed by atoms with Gasteiger partial charge < -0.3 is 9.72 Å². The molecule has 4 rings (SSSR count). The maximum Gasteiger partial charge on any atom is 0.323 e. The average molecular weight is 400 g/mol. The summed E-state index contributed by atoms with van der Waals surface area (Å²) in [6.45, 7) is 2.84. The number of carbonyl (C=O) groups is 1. The average Bonchev–Trinajstić information content (AvgIpc) is 3.32. The highest BCUT2D eigenvalue weighted by Gasteiger charge is 2.37. The van der Waals surface area contributed by atoms with Crippen molar-refractivity contribution in [2.24, 2.45) is 0 Å². The number of nitrogens with zero attached hydrogens (tertiary/aromatic N) is 3. The summed E-state index contributed by atoms with van der Waals surface area (Å²) < 4.78 is 5.43. The molecule has 2 aromatic carbocycles. The topological polar surface area (TPSA) is 82.0 Å². The molecule has 6 heteroatoms. The van der Waals surface area contributed by atoms with Crippen molar-refractivity contribution in [2.75, 3.05) is 6.61 Å². The summed E-state index contributed by atoms with van der Waals surface area (Å²) in [5.74, 6) is -0.198. The minimum absolute atomic E-state index is 0.0804. The van der Waals surface area contributed by atoms with Crippen molar-refractivity contribution in [2.45, 2.75) is 38.4 Å². The normalized spacial score (nSPS) is 17.0. The molecule has 0 fully saturated rings. The molecule has 152 valence electrons. The third-order valence-corrected chi connectivity index (χ3v) is 5.63. The van der Waals surface area contributed by atoms with E-state index in [-0.39, 0.29) is 18.1 Å². The largest absolute Gasteiger partial charge is 0.465 e. The number of carbonyl (C=O) groups excluding carboxylic acids is 1. The lowest BCUT2D eigenvalue weighted by molar-refractivity contribution is -0.151. The number of aromatic amines is 1. The Labute approximate surface area is 176 Å². The van der Waals surface area contributed by atoms with Crippen molar-refractivity contribution in [3.63, 3.8) is 0 Å². The molecule has 0 aliphatic carbocycles. The van der Waals surface area contributed by atoms with Gasteiger partial charge in [-0.15, -0.1) is 0 Å². The van der Waals surface area contributed by atoms with Crippen LogP contribution in [0.2, 0.25) is 0 Å². The second-order valence-electron chi connectivity index (χ2n) is 7.45. The van der Waals surface area contributed by atoms with Crippen LogP contribution >= 0.6 is 0 Å². The maximum atomic E-state index is 12.9. The van der Waals surface area contributed by atoms with Gasteiger partial charge in [0.2, 0.25) is 0 Å². The summed E-state index contributed by atoms with van der Waals surface area (Å²) in [7, 11) is 0. The summed E-state index contributed by atoms with van der Waals surface area (Å²) in [5, 5.41) is 9.08. The number of imidazole rings is 1. The molecule has 0 saturated heterocycles. The third kappa shape index (κ3) is 4.12. The van der Waals surface area contributed by atoms with Gasteiger partial charge in [0.05, 0.1) is 36.3 Å². The van der Waals surface area contributed by atoms with Crippen LogP contribution in [0.1, 0.15) is 40.9 Å². The first-order chi connectivity index (χ1) is 14.7. The summed E-state index contributed by atoms with van der Waals surface area (Å²) in [5.41, 5.74) is 5.09. The van der Waals surface area contributed by atoms with Gasteiger partial charge in [0, 0.05) is 12.7 Å². The van der Waals surface area contributed by atoms with E-state index >= 15 is 0 Å². The molecule has 1 aliphatic rings. The van der Waals surface area contributed by atoms with Crippen molar-refractivity contribution in [1.82, 2.24) is 14.9 Å². The monoisotopic (exact) mass is 400 g/mol. The van der Waals surface area contributed by atoms with E-state index in [9.17, 15) is 4.79 Å². The third-order valence-electron chi connectivity index (χ3n) is 5.63. The van der Waals surface area contributed by atoms with Crippen molar-refractivity contribution < 1.29 is 9.53 Å². The molecule has 30 heavy (non-hydrogen) atoms. The van der Waals surface area contributed by atoms with Crippen LogP contribution in [-0.4, -0.2) is 33.5 Å². The minimum Gasteiger partial charge on any atom is -0.465 e. The first-order valence-electron chi connectivity index (χ1n) is 10.2. The Balaban J connectivity index is 1.71. The predicted molar refractivity (Wildman–Crippen MR) is 112 cm³/mol. The molecule has 6 nitrogen and oxygen atoms in total. The molecular formula is C24H24N4O2. The molecule has 0 amide bonds. The molecule has 1 unspecified atom stereocenters. The van der Waals surface area contributed by atoms with E-state index in [1.807, 2.05) is 49.5 Å². The number of benzene rings is 2. The predicted octanol–water partition coefficient (Wildman–Crippen LogP) is 3.56. The molecule has 0 radical (unpaired) electrons. The van der Waals surface area contributed by atoms with E-state index < -0.39 is 0 Å². The quantitative estimate of drug-likeness (QED) is 0.640. The summed E-state index contributed by atoms with van der Waals surface area (Å²) in [6, 6.07) is 17.6. The Kier molecular flexibility index (Phi) is 5.92. The Morgan fingerprint density at radius 2 is 2.03 bits per heavy atom. The van der Waals surface area contributed by atoms with Gasteiger partial charge in [-0.2, -0.15) is 5.26 Å². The summed E-state index contributed by atoms with van der Waals surface area (Å²) in [6.07, 6.45) is 4.79. The lowest BCUT2D eigenvalue weighted by atomic mass is 9.90. The lowest BCUT2D eigenvalue weighted by Crippen LogP contribution is -2.48. The number of rotatable bonds is 6. The van der Waals surface area contributed by atoms with Crippen LogP contribution in [0.15, 0.2) is 61.1 Å². The molecule has 2 atom stereocenters. The molecule has 3 aromatic rings. The number of hydrogen-bond donors (Lipinski definition) is 1. The SMILES string of the molecule is CCOC(=O)[C@H]1Cc2ccccc2CN1C(Cc1ccc(C#N)cc1)c1cnc[nH]1. The highest BCUT2D eigenvalue weighted by Crippen LogP contribution is 2.33. The van der Waals surface area contributed by atoms with E-state index in [1.54, 1.807) is 6.33 Å². The minimum atomic E-state index is -0.369. The number of hydrogen-bond acceptors (Lipinski definition) is 5. The molecule has 2 heterocycles. The van der Waals surface area contributed by atoms with Gasteiger partial charge in [-0.05, 0) is 48.6 Å². The fraction of sp³-hybridized carbons (Fsp3) is 0.292. The van der Waals surface area contributed by atoms with Gasteiger partial charge in [0.25, 0.3) is 0 Å². The van der Waals surface area contributed by atoms with Crippen molar-refractivity contribution in [1.29, 1.82) is 5.26 Å². The molecule has 0 spiro atoms. The van der Waals surface area contributed by atoms with Gasteiger partial charge in [-0.1, -0.05) is 36.4 Å². The number of aromatic nitrogens is 2. The van der Waals surface area contributed by atoms with Crippen LogP contribution in [0, 0.1) is 11.3 Å². The first-order valence-corrected chi connectivity index (χ1v) is 10.2. The van der Waals surface area contributed by atoms with Crippen LogP contribution in [0.25, 0.3) is 0 Å². The fourth-order valence-corrected chi connectivity index (χ4v) is 4.12. The van der Waals surface area contributed by atoms with E-state index in [4.69, 9.17) is 10.00 Å². The van der Waals surface area contributed by atoms with E-state index in [0.29, 0.717) is 31.6 Å². The molecular weight excluding hydrogens is 376 g/mol. The van der Waals surface area contributed by atoms with Crippen molar-refractivity contribution in [3.8, 4) is 6.07 Å². The molecule has 0 saturated carbocycles. The Morgan fingerprint density at radius 3 is 2.70 bits per heavy atom. The Hall–Kier alpha value is -3.43. The first kappa shape index (κ1) is 19.9. The Morgan fingerprint density at radius 1 is 1.27 bits per heavy atom. The zero-order valence-electron chi connectivity index (χ0n) is 16.9. The van der Waals surface area contributed by atoms with Crippen LogP contribution in [0.5, 0.6) is 0 Å². The van der Waals surface area contributed by atoms with Crippen LogP contribution < -0.4 is 0 Å². The van der Waals surface area contributed by atoms with Gasteiger partial charge >= 0.3 is 5.97 Å². The number of fused-ring (bicyclic) bond motifs is 1. The number of H-pyrrole nitrogens is 1. The number of esters is 1. The van der Waals surface area contributed by atoms with Gasteiger partial charge in [0.1, 0.15) is 6.04 Å². The van der Waals surface area contributed by atoms with Gasteiger partial charge in [-0.25, -0.2) is 4.98 Å². The van der Waals surface area contributed by atoms with Crippen LogP contribution in [-0.2, 0) is 28.9 Å². The van der Waals surface area contributed by atoms with Crippen molar-refractivity contribution in [3.05, 3.63) is 89.0 Å². The van der Waals surface area contributed by atoms with E-state index in [2.05, 4.69) is 33.1 Å². The Bertz CT molecular complexity index is 1040. The van der Waals surface area contributed by atoms with Gasteiger partial charge in [0.15, 0.2) is 0 Å². The van der Waals surface area contributed by atoms with Crippen LogP contribution in [0.3, 0.4) is 0 Å². The zero-order chi connectivity index (χ0) is 20.9. The van der Waals surface area contributed by atoms with Crippen LogP contribution in [0.4, 0.5) is 0 Å². The molecule has 0 bridgehead atoms. The van der Waals surface area contributed by atoms with Crippen molar-refractivity contribution >= 4 is 5.97 Å². The molecule has 1 N–H and O–H groups in total. The van der Waals surface area contributed by atoms with E-state index in [1.165, 1.54) is 11.1 Å². The lowest BCUT2D eigenvalue weighted by Gasteiger charge is -2.40. The highest BCUT2D eigenvalue weighted by atomic mass is 16.5. The summed E-state index contributed by atoms with van der Waals surface area (Å²) in [4.78, 5) is 22.6. The maximum absolute atomic E-state index is 12.9. The second-order valence-corrected chi connectivity index (χ2v) is 7.45. The number of nitriles is 1. The number of ether oxygens (including phenoxy) is 1. The smallest absolute Gasteiger partial charge is 0.323 e. The molecule has 1 aliphatic heterocycles. The van der Waals surface area contributed by atoms with E-state index in [0.717, 1.165) is 11.3 Å². The summed E-state index contributed by atoms with van der Waals surface area (Å²) >= 11 is 0. The number of nitrogens with one attached hydrogen (secondary N) is 1. The molecule has 1 aromatic heterocycles.